The van der Waals surface area contributed by atoms with Crippen LogP contribution in [0.5, 0.6) is 5.75 Å². The molecule has 1 unspecified atom stereocenters. The van der Waals surface area contributed by atoms with Crippen LogP contribution in [0.3, 0.4) is 0 Å². The zero-order valence-corrected chi connectivity index (χ0v) is 11.8. The Hall–Kier alpha value is -2.24. The third-order valence-corrected chi connectivity index (χ3v) is 3.10. The van der Waals surface area contributed by atoms with Gasteiger partial charge < -0.3 is 15.8 Å². The minimum absolute atomic E-state index is 0.00775. The molecule has 0 aromatic heterocycles. The van der Waals surface area contributed by atoms with Gasteiger partial charge in [-0.25, -0.2) is 0 Å². The third kappa shape index (κ3) is 2.84. The molecule has 6 nitrogen and oxygen atoms in total. The molecule has 1 heterocycles. The molecule has 0 radical (unpaired) electrons. The number of anilines is 2. The number of carbonyl (C=O) groups is 2. The molecule has 0 bridgehead atoms. The van der Waals surface area contributed by atoms with E-state index < -0.39 is 6.04 Å². The summed E-state index contributed by atoms with van der Waals surface area (Å²) < 4.78 is 5.59. The topological polar surface area (TPSA) is 84.7 Å². The molecule has 1 aliphatic heterocycles. The van der Waals surface area contributed by atoms with E-state index in [1.54, 1.807) is 18.2 Å². The molecule has 0 aliphatic carbocycles. The Labute approximate surface area is 117 Å². The lowest BCUT2D eigenvalue weighted by Gasteiger charge is -2.16. The number of nitrogens with two attached hydrogens (primary N) is 1. The van der Waals surface area contributed by atoms with Crippen LogP contribution in [0.4, 0.5) is 11.4 Å². The Morgan fingerprint density at radius 1 is 1.40 bits per heavy atom. The van der Waals surface area contributed by atoms with Crippen LogP contribution in [0.15, 0.2) is 18.2 Å². The predicted molar refractivity (Wildman–Crippen MR) is 76.4 cm³/mol. The average molecular weight is 277 g/mol. The van der Waals surface area contributed by atoms with E-state index in [2.05, 4.69) is 5.32 Å². The molecule has 2 amide bonds. The number of benzene rings is 1. The Balaban J connectivity index is 2.14. The van der Waals surface area contributed by atoms with Crippen LogP contribution in [0, 0.1) is 0 Å². The molecular weight excluding hydrogens is 258 g/mol. The van der Waals surface area contributed by atoms with Crippen LogP contribution in [0.2, 0.25) is 0 Å². The molecule has 20 heavy (non-hydrogen) atoms. The van der Waals surface area contributed by atoms with E-state index in [-0.39, 0.29) is 24.3 Å². The van der Waals surface area contributed by atoms with Gasteiger partial charge in [0.05, 0.1) is 18.2 Å². The summed E-state index contributed by atoms with van der Waals surface area (Å²) >= 11 is 0. The summed E-state index contributed by atoms with van der Waals surface area (Å²) in [4.78, 5) is 24.4. The molecule has 1 atom stereocenters. The molecular formula is C14H19N3O3. The highest BCUT2D eigenvalue weighted by Gasteiger charge is 2.35. The standard InChI is InChI=1S/C14H19N3O3/c1-8(2)20-12-6-9(4-5-10(12)15)16-11-7-13(18)17(3)14(11)19/h4-6,8,11,16H,7,15H2,1-3H3. The summed E-state index contributed by atoms with van der Waals surface area (Å²) in [7, 11) is 1.49. The number of amides is 2. The van der Waals surface area contributed by atoms with Crippen molar-refractivity contribution in [3.05, 3.63) is 18.2 Å². The van der Waals surface area contributed by atoms with Gasteiger partial charge in [0.2, 0.25) is 5.91 Å². The van der Waals surface area contributed by atoms with Crippen molar-refractivity contribution in [2.24, 2.45) is 0 Å². The quantitative estimate of drug-likeness (QED) is 0.638. The number of likely N-dealkylation sites (N-methyl/N-ethyl adjacent to an activating group) is 1. The van der Waals surface area contributed by atoms with Gasteiger partial charge in [-0.1, -0.05) is 0 Å². The second-order valence-corrected chi connectivity index (χ2v) is 5.11. The zero-order valence-electron chi connectivity index (χ0n) is 11.8. The first-order valence-electron chi connectivity index (χ1n) is 6.51. The number of rotatable bonds is 4. The molecule has 0 spiro atoms. The largest absolute Gasteiger partial charge is 0.489 e. The van der Waals surface area contributed by atoms with Gasteiger partial charge in [-0.2, -0.15) is 0 Å². The summed E-state index contributed by atoms with van der Waals surface area (Å²) in [6, 6.07) is 4.69. The van der Waals surface area contributed by atoms with Crippen LogP contribution in [0.1, 0.15) is 20.3 Å². The van der Waals surface area contributed by atoms with Crippen molar-refractivity contribution in [3.8, 4) is 5.75 Å². The fourth-order valence-corrected chi connectivity index (χ4v) is 2.05. The highest BCUT2D eigenvalue weighted by molar-refractivity contribution is 6.06. The fraction of sp³-hybridized carbons (Fsp3) is 0.429. The highest BCUT2D eigenvalue weighted by Crippen LogP contribution is 2.28. The van der Waals surface area contributed by atoms with Crippen LogP contribution in [-0.4, -0.2) is 35.9 Å². The van der Waals surface area contributed by atoms with Gasteiger partial charge in [0.1, 0.15) is 11.8 Å². The maximum atomic E-state index is 11.8. The number of imide groups is 1. The van der Waals surface area contributed by atoms with Crippen molar-refractivity contribution >= 4 is 23.2 Å². The summed E-state index contributed by atoms with van der Waals surface area (Å²) in [6.07, 6.45) is 0.175. The fourth-order valence-electron chi connectivity index (χ4n) is 2.05. The molecule has 6 heteroatoms. The van der Waals surface area contributed by atoms with Crippen molar-refractivity contribution < 1.29 is 14.3 Å². The summed E-state index contributed by atoms with van der Waals surface area (Å²) in [5, 5.41) is 3.04. The first-order chi connectivity index (χ1) is 9.38. The lowest BCUT2D eigenvalue weighted by Crippen LogP contribution is -2.31. The van der Waals surface area contributed by atoms with Gasteiger partial charge in [-0.05, 0) is 26.0 Å². The van der Waals surface area contributed by atoms with Crippen molar-refractivity contribution in [2.45, 2.75) is 32.4 Å². The van der Waals surface area contributed by atoms with E-state index in [4.69, 9.17) is 10.5 Å². The maximum absolute atomic E-state index is 11.8. The van der Waals surface area contributed by atoms with Crippen LogP contribution in [0.25, 0.3) is 0 Å². The summed E-state index contributed by atoms with van der Waals surface area (Å²) in [5.74, 6) is 0.162. The minimum atomic E-state index is -0.525. The summed E-state index contributed by atoms with van der Waals surface area (Å²) in [5.41, 5.74) is 7.08. The van der Waals surface area contributed by atoms with Gasteiger partial charge in [0.25, 0.3) is 5.91 Å². The predicted octanol–water partition coefficient (Wildman–Crippen LogP) is 1.23. The van der Waals surface area contributed by atoms with E-state index in [0.29, 0.717) is 17.1 Å². The van der Waals surface area contributed by atoms with Crippen molar-refractivity contribution in [1.29, 1.82) is 0 Å². The lowest BCUT2D eigenvalue weighted by molar-refractivity contribution is -0.136. The van der Waals surface area contributed by atoms with E-state index >= 15 is 0 Å². The number of hydrogen-bond donors (Lipinski definition) is 2. The smallest absolute Gasteiger partial charge is 0.251 e. The number of carbonyl (C=O) groups excluding carboxylic acids is 2. The Morgan fingerprint density at radius 3 is 2.65 bits per heavy atom. The SMILES string of the molecule is CC(C)Oc1cc(NC2CC(=O)N(C)C2=O)ccc1N. The molecule has 1 aromatic rings. The van der Waals surface area contributed by atoms with Crippen molar-refractivity contribution in [2.75, 3.05) is 18.1 Å². The first kappa shape index (κ1) is 14.2. The maximum Gasteiger partial charge on any atom is 0.251 e. The number of ether oxygens (including phenoxy) is 1. The van der Waals surface area contributed by atoms with Gasteiger partial charge >= 0.3 is 0 Å². The molecule has 108 valence electrons. The van der Waals surface area contributed by atoms with E-state index in [1.165, 1.54) is 7.05 Å². The Bertz CT molecular complexity index is 542. The Kier molecular flexibility index (Phi) is 3.83. The molecule has 1 saturated heterocycles. The number of likely N-dealkylation sites (tertiary alicyclic amines) is 1. The van der Waals surface area contributed by atoms with Crippen molar-refractivity contribution in [3.63, 3.8) is 0 Å². The number of nitrogens with one attached hydrogen (secondary N) is 1. The van der Waals surface area contributed by atoms with E-state index in [1.807, 2.05) is 13.8 Å². The van der Waals surface area contributed by atoms with Gasteiger partial charge in [0.15, 0.2) is 0 Å². The highest BCUT2D eigenvalue weighted by atomic mass is 16.5. The lowest BCUT2D eigenvalue weighted by atomic mass is 10.2. The average Bonchev–Trinajstić information content (AvgIpc) is 2.61. The number of nitrogens with zero attached hydrogens (tertiary/aromatic N) is 1. The Morgan fingerprint density at radius 2 is 2.10 bits per heavy atom. The molecule has 0 saturated carbocycles. The van der Waals surface area contributed by atoms with Crippen LogP contribution < -0.4 is 15.8 Å². The second-order valence-electron chi connectivity index (χ2n) is 5.11. The van der Waals surface area contributed by atoms with Crippen LogP contribution in [-0.2, 0) is 9.59 Å². The molecule has 1 aliphatic rings. The van der Waals surface area contributed by atoms with Crippen molar-refractivity contribution in [1.82, 2.24) is 4.90 Å². The molecule has 2 rings (SSSR count). The second kappa shape index (κ2) is 5.40. The van der Waals surface area contributed by atoms with E-state index in [0.717, 1.165) is 4.90 Å². The van der Waals surface area contributed by atoms with Gasteiger partial charge in [-0.15, -0.1) is 0 Å². The van der Waals surface area contributed by atoms with Crippen LogP contribution >= 0.6 is 0 Å². The van der Waals surface area contributed by atoms with Gasteiger partial charge in [-0.3, -0.25) is 14.5 Å². The monoisotopic (exact) mass is 277 g/mol. The normalized spacial score (nSPS) is 18.8. The third-order valence-electron chi connectivity index (χ3n) is 3.10. The molecule has 1 aromatic carbocycles. The first-order valence-corrected chi connectivity index (χ1v) is 6.51. The van der Waals surface area contributed by atoms with E-state index in [9.17, 15) is 9.59 Å². The number of nitrogen functional groups attached to an aromatic ring is 1. The molecule has 1 fully saturated rings. The summed E-state index contributed by atoms with van der Waals surface area (Å²) in [6.45, 7) is 3.82. The van der Waals surface area contributed by atoms with Gasteiger partial charge in [0, 0.05) is 18.8 Å². The number of hydrogen-bond acceptors (Lipinski definition) is 5. The zero-order chi connectivity index (χ0) is 14.9. The minimum Gasteiger partial charge on any atom is -0.489 e. The molecule has 3 N–H and O–H groups in total.